The standard InChI is InChI=1S/C14H19BrN2O2S/c1-4-14(5-2,12(16)20)13(18)17-10-8-9(15)6-7-11(10)19-3/h6-8H,4-5H2,1-3H3,(H2,16,20)(H,17,18). The van der Waals surface area contributed by atoms with Crippen molar-refractivity contribution in [3.8, 4) is 5.75 Å². The van der Waals surface area contributed by atoms with Crippen molar-refractivity contribution in [2.75, 3.05) is 12.4 Å². The van der Waals surface area contributed by atoms with Crippen LogP contribution in [0.4, 0.5) is 5.69 Å². The fourth-order valence-electron chi connectivity index (χ4n) is 2.05. The van der Waals surface area contributed by atoms with Gasteiger partial charge >= 0.3 is 0 Å². The molecule has 4 nitrogen and oxygen atoms in total. The zero-order chi connectivity index (χ0) is 15.3. The number of anilines is 1. The molecule has 0 aliphatic heterocycles. The molecular weight excluding hydrogens is 340 g/mol. The van der Waals surface area contributed by atoms with Gasteiger partial charge in [0.1, 0.15) is 5.75 Å². The number of carbonyl (C=O) groups is 1. The summed E-state index contributed by atoms with van der Waals surface area (Å²) in [5.41, 5.74) is 5.54. The molecule has 0 aliphatic rings. The van der Waals surface area contributed by atoms with Crippen molar-refractivity contribution in [1.82, 2.24) is 0 Å². The summed E-state index contributed by atoms with van der Waals surface area (Å²) in [4.78, 5) is 12.8. The van der Waals surface area contributed by atoms with E-state index in [-0.39, 0.29) is 10.9 Å². The Morgan fingerprint density at radius 2 is 2.05 bits per heavy atom. The van der Waals surface area contributed by atoms with E-state index < -0.39 is 5.41 Å². The first-order chi connectivity index (χ1) is 9.41. The zero-order valence-corrected chi connectivity index (χ0v) is 14.2. The Balaban J connectivity index is 3.11. The molecule has 0 aliphatic carbocycles. The van der Waals surface area contributed by atoms with E-state index in [0.717, 1.165) is 4.47 Å². The Hall–Kier alpha value is -1.14. The summed E-state index contributed by atoms with van der Waals surface area (Å²) in [6.07, 6.45) is 1.11. The summed E-state index contributed by atoms with van der Waals surface area (Å²) in [6.45, 7) is 3.81. The number of benzene rings is 1. The van der Waals surface area contributed by atoms with Crippen LogP contribution in [0, 0.1) is 5.41 Å². The molecule has 0 unspecified atom stereocenters. The van der Waals surface area contributed by atoms with Crippen LogP contribution in [0.1, 0.15) is 26.7 Å². The van der Waals surface area contributed by atoms with Gasteiger partial charge in [0.15, 0.2) is 0 Å². The molecule has 20 heavy (non-hydrogen) atoms. The third-order valence-corrected chi connectivity index (χ3v) is 4.41. The quantitative estimate of drug-likeness (QED) is 0.764. The maximum Gasteiger partial charge on any atom is 0.237 e. The van der Waals surface area contributed by atoms with Gasteiger partial charge in [-0.2, -0.15) is 0 Å². The number of nitrogens with two attached hydrogens (primary N) is 1. The molecule has 0 atom stereocenters. The van der Waals surface area contributed by atoms with E-state index in [1.54, 1.807) is 19.2 Å². The normalized spacial score (nSPS) is 11.0. The molecule has 0 saturated carbocycles. The molecule has 0 heterocycles. The fraction of sp³-hybridized carbons (Fsp3) is 0.429. The molecule has 1 aromatic carbocycles. The lowest BCUT2D eigenvalue weighted by atomic mass is 9.81. The van der Waals surface area contributed by atoms with Crippen molar-refractivity contribution < 1.29 is 9.53 Å². The molecule has 0 fully saturated rings. The monoisotopic (exact) mass is 358 g/mol. The Labute approximate surface area is 133 Å². The molecule has 1 amide bonds. The van der Waals surface area contributed by atoms with E-state index in [0.29, 0.717) is 24.3 Å². The van der Waals surface area contributed by atoms with Crippen LogP contribution in [-0.2, 0) is 4.79 Å². The Morgan fingerprint density at radius 1 is 1.45 bits per heavy atom. The van der Waals surface area contributed by atoms with Crippen molar-refractivity contribution in [2.24, 2.45) is 11.1 Å². The molecule has 6 heteroatoms. The highest BCUT2D eigenvalue weighted by molar-refractivity contribution is 9.10. The van der Waals surface area contributed by atoms with Crippen molar-refractivity contribution in [3.63, 3.8) is 0 Å². The van der Waals surface area contributed by atoms with Crippen molar-refractivity contribution >= 4 is 44.7 Å². The topological polar surface area (TPSA) is 64.3 Å². The minimum absolute atomic E-state index is 0.202. The van der Waals surface area contributed by atoms with Gasteiger partial charge < -0.3 is 15.8 Å². The third kappa shape index (κ3) is 3.30. The maximum absolute atomic E-state index is 12.6. The minimum Gasteiger partial charge on any atom is -0.495 e. The zero-order valence-electron chi connectivity index (χ0n) is 11.8. The van der Waals surface area contributed by atoms with Gasteiger partial charge in [0.2, 0.25) is 5.91 Å². The number of hydrogen-bond donors (Lipinski definition) is 2. The minimum atomic E-state index is -0.831. The number of carbonyl (C=O) groups excluding carboxylic acids is 1. The lowest BCUT2D eigenvalue weighted by Crippen LogP contribution is -2.45. The first-order valence-corrected chi connectivity index (χ1v) is 7.56. The van der Waals surface area contributed by atoms with E-state index in [2.05, 4.69) is 21.2 Å². The molecule has 1 aromatic rings. The Bertz CT molecular complexity index is 516. The second-order valence-corrected chi connectivity index (χ2v) is 5.81. The largest absolute Gasteiger partial charge is 0.495 e. The van der Waals surface area contributed by atoms with E-state index in [9.17, 15) is 4.79 Å². The van der Waals surface area contributed by atoms with Gasteiger partial charge in [-0.25, -0.2) is 0 Å². The molecule has 1 rings (SSSR count). The van der Waals surface area contributed by atoms with E-state index in [1.807, 2.05) is 19.9 Å². The SMILES string of the molecule is CCC(CC)(C(=O)Nc1cc(Br)ccc1OC)C(N)=S. The molecule has 0 spiro atoms. The van der Waals surface area contributed by atoms with Gasteiger partial charge in [0.25, 0.3) is 0 Å². The summed E-state index contributed by atoms with van der Waals surface area (Å²) in [6, 6.07) is 5.40. The van der Waals surface area contributed by atoms with Crippen LogP contribution in [-0.4, -0.2) is 18.0 Å². The molecular formula is C14H19BrN2O2S. The van der Waals surface area contributed by atoms with Crippen LogP contribution in [0.3, 0.4) is 0 Å². The molecule has 110 valence electrons. The predicted octanol–water partition coefficient (Wildman–Crippen LogP) is 3.49. The first-order valence-electron chi connectivity index (χ1n) is 6.36. The molecule has 0 saturated heterocycles. The van der Waals surface area contributed by atoms with Crippen LogP contribution in [0.2, 0.25) is 0 Å². The number of nitrogens with one attached hydrogen (secondary N) is 1. The van der Waals surface area contributed by atoms with Crippen LogP contribution < -0.4 is 15.8 Å². The average molecular weight is 359 g/mol. The van der Waals surface area contributed by atoms with Gasteiger partial charge in [-0.3, -0.25) is 4.79 Å². The second kappa shape index (κ2) is 7.04. The number of methoxy groups -OCH3 is 1. The molecule has 0 bridgehead atoms. The van der Waals surface area contributed by atoms with Gasteiger partial charge in [0.05, 0.1) is 23.2 Å². The molecule has 0 aromatic heterocycles. The van der Waals surface area contributed by atoms with Crippen molar-refractivity contribution in [3.05, 3.63) is 22.7 Å². The number of halogens is 1. The maximum atomic E-state index is 12.6. The summed E-state index contributed by atoms with van der Waals surface area (Å²) in [5.74, 6) is 0.386. The first kappa shape index (κ1) is 16.9. The number of hydrogen-bond acceptors (Lipinski definition) is 3. The highest BCUT2D eigenvalue weighted by atomic mass is 79.9. The van der Waals surface area contributed by atoms with Gasteiger partial charge in [0, 0.05) is 4.47 Å². The summed E-state index contributed by atoms with van der Waals surface area (Å²) >= 11 is 8.46. The van der Waals surface area contributed by atoms with Gasteiger partial charge in [-0.1, -0.05) is 42.0 Å². The summed E-state index contributed by atoms with van der Waals surface area (Å²) in [5, 5.41) is 2.86. The van der Waals surface area contributed by atoms with E-state index in [1.165, 1.54) is 0 Å². The van der Waals surface area contributed by atoms with Gasteiger partial charge in [-0.15, -0.1) is 0 Å². The van der Waals surface area contributed by atoms with Crippen LogP contribution in [0.25, 0.3) is 0 Å². The highest BCUT2D eigenvalue weighted by Gasteiger charge is 2.38. The number of amides is 1. The summed E-state index contributed by atoms with van der Waals surface area (Å²) < 4.78 is 6.09. The van der Waals surface area contributed by atoms with Crippen LogP contribution in [0.5, 0.6) is 5.75 Å². The Morgan fingerprint density at radius 3 is 2.50 bits per heavy atom. The number of thiocarbonyl (C=S) groups is 1. The fourth-order valence-corrected chi connectivity index (χ4v) is 2.79. The van der Waals surface area contributed by atoms with E-state index in [4.69, 9.17) is 22.7 Å². The van der Waals surface area contributed by atoms with Crippen LogP contribution in [0.15, 0.2) is 22.7 Å². The average Bonchev–Trinajstić information content (AvgIpc) is 2.40. The van der Waals surface area contributed by atoms with Gasteiger partial charge in [-0.05, 0) is 31.0 Å². The smallest absolute Gasteiger partial charge is 0.237 e. The lowest BCUT2D eigenvalue weighted by Gasteiger charge is -2.29. The van der Waals surface area contributed by atoms with E-state index >= 15 is 0 Å². The number of rotatable bonds is 6. The predicted molar refractivity (Wildman–Crippen MR) is 89.1 cm³/mol. The second-order valence-electron chi connectivity index (χ2n) is 4.45. The molecule has 3 N–H and O–H groups in total. The molecule has 0 radical (unpaired) electrons. The lowest BCUT2D eigenvalue weighted by molar-refractivity contribution is -0.122. The number of ether oxygens (including phenoxy) is 1. The summed E-state index contributed by atoms with van der Waals surface area (Å²) in [7, 11) is 1.55. The third-order valence-electron chi connectivity index (χ3n) is 3.52. The Kier molecular flexibility index (Phi) is 5.95. The highest BCUT2D eigenvalue weighted by Crippen LogP contribution is 2.33. The van der Waals surface area contributed by atoms with Crippen LogP contribution >= 0.6 is 28.1 Å². The van der Waals surface area contributed by atoms with Crippen molar-refractivity contribution in [2.45, 2.75) is 26.7 Å². The van der Waals surface area contributed by atoms with Crippen molar-refractivity contribution in [1.29, 1.82) is 0 Å².